The highest BCUT2D eigenvalue weighted by atomic mass is 16.5. The Kier molecular flexibility index (Phi) is 7.55. The molecule has 4 nitrogen and oxygen atoms in total. The number of phenolic OH excluding ortho intramolecular Hbond substituents is 1. The van der Waals surface area contributed by atoms with Crippen LogP contribution in [0.2, 0.25) is 0 Å². The monoisotopic (exact) mass is 279 g/mol. The van der Waals surface area contributed by atoms with Crippen LogP contribution >= 0.6 is 0 Å². The van der Waals surface area contributed by atoms with E-state index in [-0.39, 0.29) is 11.7 Å². The lowest BCUT2D eigenvalue weighted by Crippen LogP contribution is -2.11. The van der Waals surface area contributed by atoms with Crippen LogP contribution in [0.4, 0.5) is 5.69 Å². The summed E-state index contributed by atoms with van der Waals surface area (Å²) in [5.74, 6) is 0.442. The van der Waals surface area contributed by atoms with Gasteiger partial charge >= 0.3 is 0 Å². The van der Waals surface area contributed by atoms with Gasteiger partial charge < -0.3 is 15.2 Å². The maximum absolute atomic E-state index is 11.8. The molecule has 1 rings (SSSR count). The molecule has 0 spiro atoms. The molecule has 0 atom stereocenters. The smallest absolute Gasteiger partial charge is 0.224 e. The van der Waals surface area contributed by atoms with Gasteiger partial charge in [0.05, 0.1) is 7.11 Å². The van der Waals surface area contributed by atoms with Crippen LogP contribution in [0, 0.1) is 0 Å². The molecule has 0 aliphatic heterocycles. The van der Waals surface area contributed by atoms with Crippen molar-refractivity contribution in [3.63, 3.8) is 0 Å². The molecule has 112 valence electrons. The number of carbonyl (C=O) groups excluding carboxylic acids is 1. The number of unbranched alkanes of at least 4 members (excludes halogenated alkanes) is 5. The molecule has 1 amide bonds. The van der Waals surface area contributed by atoms with Crippen molar-refractivity contribution in [2.24, 2.45) is 0 Å². The molecular formula is C16H25NO3. The van der Waals surface area contributed by atoms with Crippen molar-refractivity contribution in [3.05, 3.63) is 18.2 Å². The van der Waals surface area contributed by atoms with Crippen LogP contribution in [0.3, 0.4) is 0 Å². The van der Waals surface area contributed by atoms with Gasteiger partial charge in [-0.2, -0.15) is 0 Å². The van der Waals surface area contributed by atoms with Gasteiger partial charge in [0.1, 0.15) is 0 Å². The molecule has 0 saturated carbocycles. The second-order valence-corrected chi connectivity index (χ2v) is 4.95. The first-order valence-corrected chi connectivity index (χ1v) is 7.34. The third-order valence-corrected chi connectivity index (χ3v) is 3.22. The van der Waals surface area contributed by atoms with Crippen molar-refractivity contribution >= 4 is 11.6 Å². The Morgan fingerprint density at radius 2 is 1.90 bits per heavy atom. The zero-order valence-corrected chi connectivity index (χ0v) is 12.4. The second-order valence-electron chi connectivity index (χ2n) is 4.95. The summed E-state index contributed by atoms with van der Waals surface area (Å²) >= 11 is 0. The van der Waals surface area contributed by atoms with Crippen LogP contribution in [0.15, 0.2) is 18.2 Å². The lowest BCUT2D eigenvalue weighted by atomic mass is 10.1. The molecule has 0 unspecified atom stereocenters. The molecule has 0 radical (unpaired) electrons. The number of benzene rings is 1. The van der Waals surface area contributed by atoms with E-state index in [1.54, 1.807) is 12.1 Å². The van der Waals surface area contributed by atoms with Gasteiger partial charge in [-0.05, 0) is 18.6 Å². The van der Waals surface area contributed by atoms with E-state index in [0.29, 0.717) is 17.9 Å². The van der Waals surface area contributed by atoms with Crippen molar-refractivity contribution in [2.45, 2.75) is 51.9 Å². The summed E-state index contributed by atoms with van der Waals surface area (Å²) < 4.78 is 5.00. The fraction of sp³-hybridized carbons (Fsp3) is 0.562. The molecule has 0 aliphatic carbocycles. The summed E-state index contributed by atoms with van der Waals surface area (Å²) in [5.41, 5.74) is 0.649. The van der Waals surface area contributed by atoms with E-state index < -0.39 is 0 Å². The first-order chi connectivity index (χ1) is 9.67. The Balaban J connectivity index is 2.28. The molecule has 1 aromatic rings. The number of carbonyl (C=O) groups is 1. The third kappa shape index (κ3) is 5.95. The predicted octanol–water partition coefficient (Wildman–Crippen LogP) is 4.09. The van der Waals surface area contributed by atoms with E-state index >= 15 is 0 Å². The highest BCUT2D eigenvalue weighted by molar-refractivity contribution is 5.91. The molecule has 0 aliphatic rings. The number of methoxy groups -OCH3 is 1. The summed E-state index contributed by atoms with van der Waals surface area (Å²) in [6, 6.07) is 4.80. The van der Waals surface area contributed by atoms with E-state index in [1.165, 1.54) is 38.9 Å². The van der Waals surface area contributed by atoms with Crippen LogP contribution in [-0.4, -0.2) is 18.1 Å². The Morgan fingerprint density at radius 3 is 2.60 bits per heavy atom. The number of rotatable bonds is 9. The lowest BCUT2D eigenvalue weighted by Gasteiger charge is -2.08. The number of aromatic hydroxyl groups is 1. The summed E-state index contributed by atoms with van der Waals surface area (Å²) in [7, 11) is 1.48. The molecule has 0 aromatic heterocycles. The molecule has 0 heterocycles. The first-order valence-electron chi connectivity index (χ1n) is 7.34. The average molecular weight is 279 g/mol. The second kappa shape index (κ2) is 9.23. The Labute approximate surface area is 121 Å². The molecule has 20 heavy (non-hydrogen) atoms. The number of hydrogen-bond acceptors (Lipinski definition) is 3. The Bertz CT molecular complexity index is 418. The summed E-state index contributed by atoms with van der Waals surface area (Å²) in [4.78, 5) is 11.8. The number of amides is 1. The lowest BCUT2D eigenvalue weighted by molar-refractivity contribution is -0.116. The van der Waals surface area contributed by atoms with Crippen molar-refractivity contribution in [1.29, 1.82) is 0 Å². The van der Waals surface area contributed by atoms with Crippen LogP contribution in [0.5, 0.6) is 11.5 Å². The van der Waals surface area contributed by atoms with Crippen molar-refractivity contribution < 1.29 is 14.6 Å². The Hall–Kier alpha value is -1.71. The van der Waals surface area contributed by atoms with Gasteiger partial charge in [-0.3, -0.25) is 4.79 Å². The number of hydrogen-bond donors (Lipinski definition) is 2. The number of nitrogens with one attached hydrogen (secondary N) is 1. The van der Waals surface area contributed by atoms with E-state index in [0.717, 1.165) is 12.8 Å². The van der Waals surface area contributed by atoms with Crippen LogP contribution in [0.1, 0.15) is 51.9 Å². The predicted molar refractivity (Wildman–Crippen MR) is 81.3 cm³/mol. The zero-order chi connectivity index (χ0) is 14.8. The first kappa shape index (κ1) is 16.3. The van der Waals surface area contributed by atoms with Crippen LogP contribution < -0.4 is 10.1 Å². The highest BCUT2D eigenvalue weighted by Gasteiger charge is 2.06. The van der Waals surface area contributed by atoms with Crippen LogP contribution in [0.25, 0.3) is 0 Å². The van der Waals surface area contributed by atoms with E-state index in [9.17, 15) is 9.90 Å². The molecule has 4 heteroatoms. The minimum absolute atomic E-state index is 0.00762. The molecule has 0 bridgehead atoms. The topological polar surface area (TPSA) is 58.6 Å². The van der Waals surface area contributed by atoms with Crippen molar-refractivity contribution in [1.82, 2.24) is 0 Å². The SMILES string of the molecule is CCCCCCCCC(=O)Nc1ccc(O)c(OC)c1. The maximum Gasteiger partial charge on any atom is 0.224 e. The number of anilines is 1. The summed E-state index contributed by atoms with van der Waals surface area (Å²) in [6.45, 7) is 2.19. The van der Waals surface area contributed by atoms with Gasteiger partial charge in [-0.25, -0.2) is 0 Å². The van der Waals surface area contributed by atoms with Crippen molar-refractivity contribution in [3.8, 4) is 11.5 Å². The van der Waals surface area contributed by atoms with E-state index in [2.05, 4.69) is 12.2 Å². The Morgan fingerprint density at radius 1 is 1.20 bits per heavy atom. The van der Waals surface area contributed by atoms with Gasteiger partial charge in [0.2, 0.25) is 5.91 Å². The minimum Gasteiger partial charge on any atom is -0.504 e. The fourth-order valence-corrected chi connectivity index (χ4v) is 2.04. The van der Waals surface area contributed by atoms with Gasteiger partial charge in [-0.1, -0.05) is 39.0 Å². The third-order valence-electron chi connectivity index (χ3n) is 3.22. The highest BCUT2D eigenvalue weighted by Crippen LogP contribution is 2.28. The normalized spacial score (nSPS) is 10.3. The summed E-state index contributed by atoms with van der Waals surface area (Å²) in [6.07, 6.45) is 7.54. The fourth-order valence-electron chi connectivity index (χ4n) is 2.04. The molecule has 1 aromatic carbocycles. The quantitative estimate of drug-likeness (QED) is 0.528. The van der Waals surface area contributed by atoms with Gasteiger partial charge in [-0.15, -0.1) is 0 Å². The summed E-state index contributed by atoms with van der Waals surface area (Å²) in [5, 5.41) is 12.3. The number of ether oxygens (including phenoxy) is 1. The maximum atomic E-state index is 11.8. The van der Waals surface area contributed by atoms with Gasteiger partial charge in [0.25, 0.3) is 0 Å². The van der Waals surface area contributed by atoms with Crippen molar-refractivity contribution in [2.75, 3.05) is 12.4 Å². The molecule has 2 N–H and O–H groups in total. The van der Waals surface area contributed by atoms with Gasteiger partial charge in [0.15, 0.2) is 11.5 Å². The molecular weight excluding hydrogens is 254 g/mol. The standard InChI is InChI=1S/C16H25NO3/c1-3-4-5-6-7-8-9-16(19)17-13-10-11-14(18)15(12-13)20-2/h10-12,18H,3-9H2,1-2H3,(H,17,19). The van der Waals surface area contributed by atoms with Gasteiger partial charge in [0, 0.05) is 18.2 Å². The largest absolute Gasteiger partial charge is 0.504 e. The molecule has 0 fully saturated rings. The van der Waals surface area contributed by atoms with E-state index in [1.807, 2.05) is 0 Å². The number of phenols is 1. The van der Waals surface area contributed by atoms with E-state index in [4.69, 9.17) is 4.74 Å². The average Bonchev–Trinajstić information content (AvgIpc) is 2.44. The molecule has 0 saturated heterocycles. The minimum atomic E-state index is 0.00762. The zero-order valence-electron chi connectivity index (χ0n) is 12.4. The van der Waals surface area contributed by atoms with Crippen LogP contribution in [-0.2, 0) is 4.79 Å².